The Morgan fingerprint density at radius 2 is 1.00 bits per heavy atom. The molecule has 0 amide bonds. The van der Waals surface area contributed by atoms with Gasteiger partial charge in [-0.05, 0) is 73.7 Å². The summed E-state index contributed by atoms with van der Waals surface area (Å²) in [6.45, 7) is 0. The Bertz CT molecular complexity index is 827. The summed E-state index contributed by atoms with van der Waals surface area (Å²) in [6.07, 6.45) is 7.04. The molecule has 0 heterocycles. The summed E-state index contributed by atoms with van der Waals surface area (Å²) in [4.78, 5) is 0. The molecule has 4 aliphatic carbocycles. The van der Waals surface area contributed by atoms with Crippen molar-refractivity contribution in [2.45, 2.75) is 75.8 Å². The van der Waals surface area contributed by atoms with Gasteiger partial charge in [-0.2, -0.15) is 0 Å². The fraction of sp³-hybridized carbons (Fsp3) is 0.500. The Hall–Kier alpha value is -2.12. The number of hydrogen-bond acceptors (Lipinski definition) is 6. The van der Waals surface area contributed by atoms with E-state index in [4.69, 9.17) is 0 Å². The summed E-state index contributed by atoms with van der Waals surface area (Å²) >= 11 is 0. The lowest BCUT2D eigenvalue weighted by Gasteiger charge is -2.28. The Kier molecular flexibility index (Phi) is 6.02. The molecule has 4 aliphatic rings. The first kappa shape index (κ1) is 21.1. The maximum absolute atomic E-state index is 10.5. The highest BCUT2D eigenvalue weighted by Gasteiger charge is 2.36. The molecule has 0 saturated heterocycles. The van der Waals surface area contributed by atoms with Gasteiger partial charge in [0.2, 0.25) is 0 Å². The average Bonchev–Trinajstić information content (AvgIpc) is 3.43. The van der Waals surface area contributed by atoms with Gasteiger partial charge in [0.25, 0.3) is 0 Å². The third-order valence-corrected chi connectivity index (χ3v) is 6.75. The molecule has 0 spiro atoms. The van der Waals surface area contributed by atoms with Crippen LogP contribution in [0.2, 0.25) is 0 Å². The summed E-state index contributed by atoms with van der Waals surface area (Å²) < 4.78 is 0. The Balaban J connectivity index is 1.45. The summed E-state index contributed by atoms with van der Waals surface area (Å²) in [5, 5.41) is 62.5. The van der Waals surface area contributed by atoms with Gasteiger partial charge in [-0.3, -0.25) is 0 Å². The molecule has 0 saturated carbocycles. The summed E-state index contributed by atoms with van der Waals surface area (Å²) in [6, 6.07) is 0. The smallest absolute Gasteiger partial charge is 0.139 e. The second kappa shape index (κ2) is 8.55. The number of rotatable bonds is 5. The molecule has 30 heavy (non-hydrogen) atoms. The summed E-state index contributed by atoms with van der Waals surface area (Å²) in [7, 11) is 0. The van der Waals surface area contributed by atoms with Gasteiger partial charge in [0.1, 0.15) is 35.9 Å². The molecule has 6 N–H and O–H groups in total. The van der Waals surface area contributed by atoms with Gasteiger partial charge in [0.05, 0.1) is 0 Å². The first-order chi connectivity index (χ1) is 14.4. The molecule has 6 heteroatoms. The first-order valence-electron chi connectivity index (χ1n) is 10.7. The number of aliphatic hydroxyl groups excluding tert-OH is 6. The molecule has 0 fully saturated rings. The molecular formula is C24H30O6. The second-order valence-corrected chi connectivity index (χ2v) is 8.68. The monoisotopic (exact) mass is 414 g/mol. The van der Waals surface area contributed by atoms with Crippen molar-refractivity contribution >= 4 is 0 Å². The predicted octanol–water partition coefficient (Wildman–Crippen LogP) is 2.94. The third kappa shape index (κ3) is 3.93. The molecule has 0 aliphatic heterocycles. The highest BCUT2D eigenvalue weighted by Crippen LogP contribution is 2.38. The highest BCUT2D eigenvalue weighted by atomic mass is 16.4. The van der Waals surface area contributed by atoms with E-state index in [9.17, 15) is 30.6 Å². The largest absolute Gasteiger partial charge is 0.509 e. The van der Waals surface area contributed by atoms with E-state index in [1.165, 1.54) is 22.3 Å². The van der Waals surface area contributed by atoms with Crippen LogP contribution in [0.1, 0.15) is 51.4 Å². The fourth-order valence-electron chi connectivity index (χ4n) is 4.87. The van der Waals surface area contributed by atoms with E-state index >= 15 is 0 Å². The fourth-order valence-corrected chi connectivity index (χ4v) is 4.87. The molecule has 0 aromatic heterocycles. The van der Waals surface area contributed by atoms with Gasteiger partial charge >= 0.3 is 0 Å². The predicted molar refractivity (Wildman–Crippen MR) is 113 cm³/mol. The van der Waals surface area contributed by atoms with Crippen LogP contribution in [0.5, 0.6) is 0 Å². The maximum atomic E-state index is 10.5. The second-order valence-electron chi connectivity index (χ2n) is 8.68. The molecule has 0 bridgehead atoms. The molecule has 4 rings (SSSR count). The van der Waals surface area contributed by atoms with Gasteiger partial charge in [-0.25, -0.2) is 0 Å². The van der Waals surface area contributed by atoms with E-state index < -0.39 is 35.9 Å². The van der Waals surface area contributed by atoms with Crippen molar-refractivity contribution in [3.63, 3.8) is 0 Å². The molecular weight excluding hydrogens is 384 g/mol. The lowest BCUT2D eigenvalue weighted by Crippen LogP contribution is -2.46. The molecule has 0 aromatic carbocycles. The normalized spacial score (nSPS) is 28.3. The van der Waals surface area contributed by atoms with Gasteiger partial charge in [-0.1, -0.05) is 35.5 Å². The van der Waals surface area contributed by atoms with Crippen molar-refractivity contribution in [1.29, 1.82) is 0 Å². The van der Waals surface area contributed by atoms with Crippen LogP contribution < -0.4 is 0 Å². The number of aliphatic hydroxyl groups is 6. The van der Waals surface area contributed by atoms with Crippen molar-refractivity contribution in [1.82, 2.24) is 0 Å². The summed E-state index contributed by atoms with van der Waals surface area (Å²) in [5.74, 6) is -0.845. The van der Waals surface area contributed by atoms with Crippen molar-refractivity contribution in [3.05, 3.63) is 69.3 Å². The number of hydrogen-bond donors (Lipinski definition) is 6. The quantitative estimate of drug-likeness (QED) is 0.385. The zero-order valence-corrected chi connectivity index (χ0v) is 17.0. The molecule has 0 aromatic rings. The van der Waals surface area contributed by atoms with Gasteiger partial charge in [0, 0.05) is 0 Å². The molecule has 6 nitrogen and oxygen atoms in total. The van der Waals surface area contributed by atoms with E-state index in [2.05, 4.69) is 0 Å². The first-order valence-corrected chi connectivity index (χ1v) is 10.7. The van der Waals surface area contributed by atoms with Crippen LogP contribution in [0.15, 0.2) is 69.3 Å². The standard InChI is InChI=1S/C24H30O6/c25-19(17-9-7-13-3-1-5-15(13)11-17)21(27)23(29)24(30)22(28)20(26)18-10-8-14-4-2-6-16(14)12-18/h7-10,21-30H,1-6,11-12H2/t21-,22+,23-,24-/m1/s1. The van der Waals surface area contributed by atoms with E-state index in [-0.39, 0.29) is 0 Å². The maximum Gasteiger partial charge on any atom is 0.139 e. The van der Waals surface area contributed by atoms with Crippen molar-refractivity contribution in [2.24, 2.45) is 0 Å². The van der Waals surface area contributed by atoms with Crippen LogP contribution in [0.3, 0.4) is 0 Å². The van der Waals surface area contributed by atoms with Gasteiger partial charge in [-0.15, -0.1) is 0 Å². The Morgan fingerprint density at radius 1 is 0.600 bits per heavy atom. The van der Waals surface area contributed by atoms with Gasteiger partial charge < -0.3 is 30.6 Å². The minimum atomic E-state index is -1.86. The van der Waals surface area contributed by atoms with Crippen molar-refractivity contribution < 1.29 is 30.6 Å². The van der Waals surface area contributed by atoms with E-state index in [0.29, 0.717) is 24.0 Å². The van der Waals surface area contributed by atoms with Crippen LogP contribution in [0, 0.1) is 0 Å². The zero-order valence-electron chi connectivity index (χ0n) is 17.0. The lowest BCUT2D eigenvalue weighted by atomic mass is 9.90. The Labute approximate surface area is 176 Å². The van der Waals surface area contributed by atoms with E-state index in [0.717, 1.165) is 38.5 Å². The average molecular weight is 414 g/mol. The topological polar surface area (TPSA) is 121 Å². The SMILES string of the molecule is OC(=C1C=CC2=C(CCC2)C1)[C@@H](O)[C@@H](O)[C@H](O)[C@@H](O)C(O)=C1C=CC2=C(CCC2)C1. The minimum absolute atomic E-state index is 0.422. The molecule has 162 valence electrons. The van der Waals surface area contributed by atoms with Crippen molar-refractivity contribution in [2.75, 3.05) is 0 Å². The van der Waals surface area contributed by atoms with E-state index in [1.807, 2.05) is 12.2 Å². The minimum Gasteiger partial charge on any atom is -0.509 e. The molecule has 0 unspecified atom stereocenters. The molecule has 4 atom stereocenters. The lowest BCUT2D eigenvalue weighted by molar-refractivity contribution is -0.101. The van der Waals surface area contributed by atoms with Crippen LogP contribution >= 0.6 is 0 Å². The third-order valence-electron chi connectivity index (χ3n) is 6.75. The summed E-state index contributed by atoms with van der Waals surface area (Å²) in [5.41, 5.74) is 5.93. The number of allylic oxidation sites excluding steroid dienone is 10. The van der Waals surface area contributed by atoms with Crippen LogP contribution in [0.4, 0.5) is 0 Å². The zero-order chi connectivity index (χ0) is 21.4. The molecule has 0 radical (unpaired) electrons. The van der Waals surface area contributed by atoms with Gasteiger partial charge in [0.15, 0.2) is 0 Å². The van der Waals surface area contributed by atoms with Crippen LogP contribution in [-0.4, -0.2) is 55.1 Å². The van der Waals surface area contributed by atoms with Crippen LogP contribution in [-0.2, 0) is 0 Å². The van der Waals surface area contributed by atoms with E-state index in [1.54, 1.807) is 12.2 Å². The highest BCUT2D eigenvalue weighted by molar-refractivity contribution is 5.45. The van der Waals surface area contributed by atoms with Crippen molar-refractivity contribution in [3.8, 4) is 0 Å². The Morgan fingerprint density at radius 3 is 1.40 bits per heavy atom. The van der Waals surface area contributed by atoms with Crippen LogP contribution in [0.25, 0.3) is 0 Å².